The van der Waals surface area contributed by atoms with E-state index in [1.54, 1.807) is 11.3 Å². The summed E-state index contributed by atoms with van der Waals surface area (Å²) in [6.07, 6.45) is 9.04. The predicted octanol–water partition coefficient (Wildman–Crippen LogP) is 3.71. The van der Waals surface area contributed by atoms with E-state index in [0.29, 0.717) is 5.41 Å². The molecular formula is C17H29IN4S. The molecule has 2 aliphatic rings. The number of nitrogens with zero attached hydrogens (tertiary/aromatic N) is 3. The van der Waals surface area contributed by atoms with Gasteiger partial charge in [-0.3, -0.25) is 4.99 Å². The van der Waals surface area contributed by atoms with E-state index >= 15 is 0 Å². The van der Waals surface area contributed by atoms with E-state index in [4.69, 9.17) is 0 Å². The molecule has 3 rings (SSSR count). The topological polar surface area (TPSA) is 40.5 Å². The van der Waals surface area contributed by atoms with E-state index in [0.717, 1.165) is 31.9 Å². The lowest BCUT2D eigenvalue weighted by Gasteiger charge is -2.25. The van der Waals surface area contributed by atoms with Crippen molar-refractivity contribution in [2.45, 2.75) is 51.9 Å². The first-order chi connectivity index (χ1) is 10.7. The Labute approximate surface area is 161 Å². The second-order valence-electron chi connectivity index (χ2n) is 6.69. The molecule has 1 saturated carbocycles. The lowest BCUT2D eigenvalue weighted by molar-refractivity contribution is 0.309. The van der Waals surface area contributed by atoms with E-state index in [9.17, 15) is 0 Å². The van der Waals surface area contributed by atoms with E-state index in [1.165, 1.54) is 49.4 Å². The molecule has 0 atom stereocenters. The van der Waals surface area contributed by atoms with Crippen LogP contribution in [0.25, 0.3) is 0 Å². The molecule has 1 aliphatic carbocycles. The Bertz CT molecular complexity index is 522. The smallest absolute Gasteiger partial charge is 0.193 e. The molecule has 1 saturated heterocycles. The van der Waals surface area contributed by atoms with E-state index in [2.05, 4.69) is 32.5 Å². The zero-order valence-corrected chi connectivity index (χ0v) is 17.5. The number of aryl methyl sites for hydroxylation is 1. The Morgan fingerprint density at radius 3 is 2.83 bits per heavy atom. The molecule has 130 valence electrons. The van der Waals surface area contributed by atoms with Crippen molar-refractivity contribution in [1.29, 1.82) is 0 Å². The van der Waals surface area contributed by atoms with Crippen LogP contribution in [0.4, 0.5) is 0 Å². The van der Waals surface area contributed by atoms with Crippen LogP contribution in [-0.4, -0.2) is 42.5 Å². The van der Waals surface area contributed by atoms with Gasteiger partial charge < -0.3 is 10.2 Å². The third-order valence-corrected chi connectivity index (χ3v) is 6.22. The summed E-state index contributed by atoms with van der Waals surface area (Å²) in [5.41, 5.74) is 1.81. The van der Waals surface area contributed by atoms with Crippen molar-refractivity contribution in [3.63, 3.8) is 0 Å². The Morgan fingerprint density at radius 1 is 1.39 bits per heavy atom. The van der Waals surface area contributed by atoms with Crippen molar-refractivity contribution >= 4 is 41.3 Å². The molecular weight excluding hydrogens is 419 g/mol. The largest absolute Gasteiger partial charge is 0.356 e. The fraction of sp³-hybridized carbons (Fsp3) is 0.765. The molecule has 1 aliphatic heterocycles. The summed E-state index contributed by atoms with van der Waals surface area (Å²) < 4.78 is 0. The van der Waals surface area contributed by atoms with Crippen molar-refractivity contribution in [2.24, 2.45) is 10.4 Å². The van der Waals surface area contributed by atoms with Gasteiger partial charge in [0.15, 0.2) is 5.96 Å². The highest BCUT2D eigenvalue weighted by molar-refractivity contribution is 14.0. The number of aromatic nitrogens is 1. The van der Waals surface area contributed by atoms with Gasteiger partial charge in [-0.25, -0.2) is 4.98 Å². The van der Waals surface area contributed by atoms with Crippen LogP contribution in [0.1, 0.15) is 49.7 Å². The van der Waals surface area contributed by atoms with Gasteiger partial charge in [-0.05, 0) is 31.1 Å². The summed E-state index contributed by atoms with van der Waals surface area (Å²) >= 11 is 1.77. The van der Waals surface area contributed by atoms with Gasteiger partial charge in [0, 0.05) is 38.5 Å². The zero-order valence-electron chi connectivity index (χ0n) is 14.3. The Kier molecular flexibility index (Phi) is 7.13. The summed E-state index contributed by atoms with van der Waals surface area (Å²) in [5.74, 6) is 1.08. The maximum atomic E-state index is 4.63. The minimum atomic E-state index is 0. The van der Waals surface area contributed by atoms with Crippen LogP contribution in [-0.2, 0) is 12.8 Å². The van der Waals surface area contributed by atoms with Gasteiger partial charge in [-0.15, -0.1) is 35.3 Å². The number of aliphatic imine (C=N–C) groups is 1. The summed E-state index contributed by atoms with van der Waals surface area (Å²) in [7, 11) is 1.90. The normalized spacial score (nSPS) is 20.1. The number of likely N-dealkylation sites (tertiary alicyclic amines) is 1. The first-order valence-corrected chi connectivity index (χ1v) is 9.51. The molecule has 1 spiro atoms. The van der Waals surface area contributed by atoms with E-state index in [1.807, 2.05) is 7.05 Å². The van der Waals surface area contributed by atoms with Gasteiger partial charge in [-0.1, -0.05) is 19.8 Å². The van der Waals surface area contributed by atoms with Crippen molar-refractivity contribution in [3.05, 3.63) is 16.1 Å². The van der Waals surface area contributed by atoms with Crippen molar-refractivity contribution in [2.75, 3.05) is 26.7 Å². The third kappa shape index (κ3) is 4.59. The highest BCUT2D eigenvalue weighted by Crippen LogP contribution is 2.45. The van der Waals surface area contributed by atoms with E-state index in [-0.39, 0.29) is 24.0 Å². The number of thiazole rings is 1. The highest BCUT2D eigenvalue weighted by atomic mass is 127. The summed E-state index contributed by atoms with van der Waals surface area (Å²) in [6.45, 7) is 5.44. The van der Waals surface area contributed by atoms with Crippen LogP contribution in [0.3, 0.4) is 0 Å². The monoisotopic (exact) mass is 448 g/mol. The second kappa shape index (κ2) is 8.65. The second-order valence-corrected chi connectivity index (χ2v) is 7.63. The Balaban J connectivity index is 0.00000192. The van der Waals surface area contributed by atoms with Crippen molar-refractivity contribution in [3.8, 4) is 0 Å². The molecule has 6 heteroatoms. The van der Waals surface area contributed by atoms with Gasteiger partial charge in [0.1, 0.15) is 0 Å². The first kappa shape index (κ1) is 19.0. The van der Waals surface area contributed by atoms with Crippen molar-refractivity contribution in [1.82, 2.24) is 15.2 Å². The van der Waals surface area contributed by atoms with Crippen LogP contribution >= 0.6 is 35.3 Å². The average molecular weight is 448 g/mol. The zero-order chi connectivity index (χ0) is 15.4. The maximum Gasteiger partial charge on any atom is 0.193 e. The SMILES string of the molecule is CCc1nc(CCNC(=NC)N2CCC3(CCCC3)C2)cs1.I. The number of nitrogens with one attached hydrogen (secondary N) is 1. The number of rotatable bonds is 4. The van der Waals surface area contributed by atoms with Crippen LogP contribution in [0.5, 0.6) is 0 Å². The van der Waals surface area contributed by atoms with Gasteiger partial charge in [-0.2, -0.15) is 0 Å². The maximum absolute atomic E-state index is 4.63. The van der Waals surface area contributed by atoms with Crippen LogP contribution in [0.15, 0.2) is 10.4 Å². The minimum Gasteiger partial charge on any atom is -0.356 e. The van der Waals surface area contributed by atoms with E-state index < -0.39 is 0 Å². The molecule has 2 heterocycles. The number of hydrogen-bond donors (Lipinski definition) is 1. The summed E-state index contributed by atoms with van der Waals surface area (Å²) in [5, 5.41) is 6.96. The molecule has 1 N–H and O–H groups in total. The lowest BCUT2D eigenvalue weighted by Crippen LogP contribution is -2.41. The van der Waals surface area contributed by atoms with Gasteiger partial charge >= 0.3 is 0 Å². The standard InChI is InChI=1S/C17H28N4S.HI/c1-3-15-20-14(12-22-15)6-10-19-16(18-2)21-11-9-17(13-21)7-4-5-8-17;/h12H,3-11,13H2,1-2H3,(H,18,19);1H. The average Bonchev–Trinajstić information content (AvgIpc) is 3.26. The van der Waals surface area contributed by atoms with Gasteiger partial charge in [0.25, 0.3) is 0 Å². The minimum absolute atomic E-state index is 0. The molecule has 1 aromatic heterocycles. The molecule has 0 radical (unpaired) electrons. The number of guanidine groups is 1. The highest BCUT2D eigenvalue weighted by Gasteiger charge is 2.40. The third-order valence-electron chi connectivity index (χ3n) is 5.18. The molecule has 0 unspecified atom stereocenters. The van der Waals surface area contributed by atoms with Crippen LogP contribution in [0.2, 0.25) is 0 Å². The number of hydrogen-bond acceptors (Lipinski definition) is 3. The summed E-state index contributed by atoms with van der Waals surface area (Å²) in [4.78, 5) is 11.6. The molecule has 0 aromatic carbocycles. The number of halogens is 1. The van der Waals surface area contributed by atoms with Gasteiger partial charge in [0.05, 0.1) is 10.7 Å². The molecule has 0 amide bonds. The Morgan fingerprint density at radius 2 is 2.17 bits per heavy atom. The quantitative estimate of drug-likeness (QED) is 0.434. The van der Waals surface area contributed by atoms with Crippen LogP contribution in [0, 0.1) is 5.41 Å². The summed E-state index contributed by atoms with van der Waals surface area (Å²) in [6, 6.07) is 0. The fourth-order valence-corrected chi connectivity index (χ4v) is 4.69. The fourth-order valence-electron chi connectivity index (χ4n) is 3.91. The first-order valence-electron chi connectivity index (χ1n) is 8.63. The lowest BCUT2D eigenvalue weighted by atomic mass is 9.86. The molecule has 1 aromatic rings. The Hall–Kier alpha value is -0.370. The van der Waals surface area contributed by atoms with Crippen molar-refractivity contribution < 1.29 is 0 Å². The molecule has 0 bridgehead atoms. The molecule has 4 nitrogen and oxygen atoms in total. The molecule has 23 heavy (non-hydrogen) atoms. The molecule has 2 fully saturated rings. The van der Waals surface area contributed by atoms with Gasteiger partial charge in [0.2, 0.25) is 0 Å². The van der Waals surface area contributed by atoms with Crippen LogP contribution < -0.4 is 5.32 Å². The predicted molar refractivity (Wildman–Crippen MR) is 109 cm³/mol.